The van der Waals surface area contributed by atoms with E-state index in [4.69, 9.17) is 0 Å². The number of para-hydroxylation sites is 1. The maximum absolute atomic E-state index is 13.2. The van der Waals surface area contributed by atoms with Crippen LogP contribution in [0.5, 0.6) is 0 Å². The van der Waals surface area contributed by atoms with Gasteiger partial charge < -0.3 is 5.32 Å². The van der Waals surface area contributed by atoms with Crippen molar-refractivity contribution in [3.05, 3.63) is 102 Å². The molecule has 3 aromatic rings. The smallest absolute Gasteiger partial charge is 0.256 e. The van der Waals surface area contributed by atoms with Gasteiger partial charge in [-0.2, -0.15) is 0 Å². The predicted octanol–water partition coefficient (Wildman–Crippen LogP) is 6.38. The quantitative estimate of drug-likeness (QED) is 0.403. The van der Waals surface area contributed by atoms with Crippen LogP contribution in [0.3, 0.4) is 0 Å². The van der Waals surface area contributed by atoms with Crippen molar-refractivity contribution in [1.29, 1.82) is 0 Å². The van der Waals surface area contributed by atoms with Gasteiger partial charge in [0.2, 0.25) is 0 Å². The summed E-state index contributed by atoms with van der Waals surface area (Å²) in [6.07, 6.45) is 2.97. The lowest BCUT2D eigenvalue weighted by atomic mass is 9.96. The summed E-state index contributed by atoms with van der Waals surface area (Å²) in [5, 5.41) is 3.14. The predicted molar refractivity (Wildman–Crippen MR) is 115 cm³/mol. The number of carbonyl (C=O) groups is 1. The van der Waals surface area contributed by atoms with Gasteiger partial charge in [0.15, 0.2) is 0 Å². The molecule has 136 valence electrons. The average molecular weight is 355 g/mol. The first-order chi connectivity index (χ1) is 13.2. The van der Waals surface area contributed by atoms with E-state index in [2.05, 4.69) is 25.2 Å². The summed E-state index contributed by atoms with van der Waals surface area (Å²) >= 11 is 0. The Hall–Kier alpha value is -3.13. The number of anilines is 1. The Balaban J connectivity index is 1.97. The van der Waals surface area contributed by atoms with Crippen LogP contribution in [0.25, 0.3) is 11.6 Å². The first kappa shape index (κ1) is 18.7. The minimum absolute atomic E-state index is 0.0965. The summed E-state index contributed by atoms with van der Waals surface area (Å²) in [4.78, 5) is 13.2. The zero-order chi connectivity index (χ0) is 19.1. The molecule has 0 aliphatic heterocycles. The van der Waals surface area contributed by atoms with Gasteiger partial charge in [-0.15, -0.1) is 0 Å². The van der Waals surface area contributed by atoms with Crippen molar-refractivity contribution < 1.29 is 4.79 Å². The second-order valence-corrected chi connectivity index (χ2v) is 6.69. The molecule has 0 saturated carbocycles. The summed E-state index contributed by atoms with van der Waals surface area (Å²) in [7, 11) is 0. The van der Waals surface area contributed by atoms with E-state index in [0.29, 0.717) is 11.5 Å². The molecule has 2 nitrogen and oxygen atoms in total. The molecule has 1 unspecified atom stereocenters. The molecule has 0 aromatic heterocycles. The second-order valence-electron chi connectivity index (χ2n) is 6.69. The van der Waals surface area contributed by atoms with Crippen molar-refractivity contribution in [2.75, 3.05) is 5.32 Å². The normalized spacial score (nSPS) is 12.4. The number of amides is 1. The zero-order valence-corrected chi connectivity index (χ0v) is 15.9. The first-order valence-corrected chi connectivity index (χ1v) is 9.41. The van der Waals surface area contributed by atoms with Crippen LogP contribution in [-0.4, -0.2) is 5.91 Å². The van der Waals surface area contributed by atoms with Crippen molar-refractivity contribution >= 4 is 23.2 Å². The van der Waals surface area contributed by atoms with Crippen LogP contribution in [-0.2, 0) is 4.79 Å². The molecular formula is C25H25NO. The third-order valence-electron chi connectivity index (χ3n) is 4.79. The van der Waals surface area contributed by atoms with E-state index in [1.54, 1.807) is 0 Å². The van der Waals surface area contributed by atoms with Crippen molar-refractivity contribution in [2.24, 2.45) is 0 Å². The second kappa shape index (κ2) is 9.00. The molecule has 0 radical (unpaired) electrons. The van der Waals surface area contributed by atoms with Gasteiger partial charge in [-0.1, -0.05) is 92.7 Å². The lowest BCUT2D eigenvalue weighted by Crippen LogP contribution is -2.15. The fourth-order valence-corrected chi connectivity index (χ4v) is 3.06. The number of nitrogens with one attached hydrogen (secondary N) is 1. The fourth-order valence-electron chi connectivity index (χ4n) is 3.06. The number of hydrogen-bond acceptors (Lipinski definition) is 1. The van der Waals surface area contributed by atoms with Gasteiger partial charge in [0.25, 0.3) is 5.91 Å². The highest BCUT2D eigenvalue weighted by Gasteiger charge is 2.15. The molecule has 1 amide bonds. The molecule has 1 atom stereocenters. The van der Waals surface area contributed by atoms with Crippen LogP contribution >= 0.6 is 0 Å². The highest BCUT2D eigenvalue weighted by Crippen LogP contribution is 2.28. The van der Waals surface area contributed by atoms with E-state index in [9.17, 15) is 4.79 Å². The molecule has 2 heteroatoms. The minimum Gasteiger partial charge on any atom is -0.322 e. The molecule has 1 N–H and O–H groups in total. The topological polar surface area (TPSA) is 29.1 Å². The minimum atomic E-state index is -0.0965. The number of hydrogen-bond donors (Lipinski definition) is 1. The largest absolute Gasteiger partial charge is 0.322 e. The van der Waals surface area contributed by atoms with E-state index < -0.39 is 0 Å². The van der Waals surface area contributed by atoms with Crippen LogP contribution in [0.2, 0.25) is 0 Å². The molecule has 3 aromatic carbocycles. The molecular weight excluding hydrogens is 330 g/mol. The van der Waals surface area contributed by atoms with Crippen molar-refractivity contribution in [3.63, 3.8) is 0 Å². The number of carbonyl (C=O) groups excluding carboxylic acids is 1. The highest BCUT2D eigenvalue weighted by molar-refractivity contribution is 6.29. The maximum Gasteiger partial charge on any atom is 0.256 e. The summed E-state index contributed by atoms with van der Waals surface area (Å²) in [5.74, 6) is 0.292. The zero-order valence-electron chi connectivity index (χ0n) is 15.9. The van der Waals surface area contributed by atoms with E-state index >= 15 is 0 Å². The molecule has 3 rings (SSSR count). The van der Waals surface area contributed by atoms with Crippen LogP contribution in [0, 0.1) is 0 Å². The average Bonchev–Trinajstić information content (AvgIpc) is 2.73. The molecule has 0 spiro atoms. The summed E-state index contributed by atoms with van der Waals surface area (Å²) in [6, 6.07) is 27.8. The van der Waals surface area contributed by atoms with E-state index in [-0.39, 0.29) is 5.91 Å². The van der Waals surface area contributed by atoms with Gasteiger partial charge in [-0.3, -0.25) is 4.79 Å². The van der Waals surface area contributed by atoms with Crippen molar-refractivity contribution in [3.8, 4) is 0 Å². The van der Waals surface area contributed by atoms with Gasteiger partial charge in [0, 0.05) is 11.3 Å². The first-order valence-electron chi connectivity index (χ1n) is 9.41. The standard InChI is InChI=1S/C25H25NO/c1-3-19(2)22-16-10-11-17-24(22)26-25(27)23(21-14-8-5-9-15-21)18-20-12-6-4-7-13-20/h4-19H,3H2,1-2H3,(H,26,27)/b23-18+. The van der Waals surface area contributed by atoms with Crippen LogP contribution in [0.15, 0.2) is 84.9 Å². The van der Waals surface area contributed by atoms with Gasteiger partial charge >= 0.3 is 0 Å². The van der Waals surface area contributed by atoms with Gasteiger partial charge in [0.1, 0.15) is 0 Å². The molecule has 0 aliphatic rings. The Bertz CT molecular complexity index is 913. The highest BCUT2D eigenvalue weighted by atomic mass is 16.1. The third-order valence-corrected chi connectivity index (χ3v) is 4.79. The molecule has 27 heavy (non-hydrogen) atoms. The van der Waals surface area contributed by atoms with Gasteiger partial charge in [-0.05, 0) is 41.2 Å². The van der Waals surface area contributed by atoms with Gasteiger partial charge in [0.05, 0.1) is 0 Å². The Morgan fingerprint density at radius 2 is 1.48 bits per heavy atom. The Morgan fingerprint density at radius 3 is 2.15 bits per heavy atom. The lowest BCUT2D eigenvalue weighted by Gasteiger charge is -2.17. The molecule has 0 saturated heterocycles. The molecule has 0 fully saturated rings. The molecule has 0 bridgehead atoms. The Labute approximate surface area is 161 Å². The van der Waals surface area contributed by atoms with Gasteiger partial charge in [-0.25, -0.2) is 0 Å². The maximum atomic E-state index is 13.2. The number of benzene rings is 3. The van der Waals surface area contributed by atoms with Crippen LogP contribution in [0.4, 0.5) is 5.69 Å². The lowest BCUT2D eigenvalue weighted by molar-refractivity contribution is -0.111. The summed E-state index contributed by atoms with van der Waals surface area (Å²) in [6.45, 7) is 4.34. The van der Waals surface area contributed by atoms with Crippen molar-refractivity contribution in [1.82, 2.24) is 0 Å². The fraction of sp³-hybridized carbons (Fsp3) is 0.160. The van der Waals surface area contributed by atoms with E-state index in [0.717, 1.165) is 23.2 Å². The number of rotatable bonds is 6. The third kappa shape index (κ3) is 4.73. The summed E-state index contributed by atoms with van der Waals surface area (Å²) < 4.78 is 0. The Morgan fingerprint density at radius 1 is 0.889 bits per heavy atom. The van der Waals surface area contributed by atoms with E-state index in [1.165, 1.54) is 5.56 Å². The van der Waals surface area contributed by atoms with Crippen molar-refractivity contribution in [2.45, 2.75) is 26.2 Å². The van der Waals surface area contributed by atoms with Crippen LogP contribution < -0.4 is 5.32 Å². The van der Waals surface area contributed by atoms with Crippen LogP contribution in [0.1, 0.15) is 42.9 Å². The monoisotopic (exact) mass is 355 g/mol. The van der Waals surface area contributed by atoms with E-state index in [1.807, 2.05) is 84.9 Å². The SMILES string of the molecule is CCC(C)c1ccccc1NC(=O)/C(=C/c1ccccc1)c1ccccc1. The molecule has 0 aliphatic carbocycles. The summed E-state index contributed by atoms with van der Waals surface area (Å²) in [5.41, 5.74) is 4.61. The Kier molecular flexibility index (Phi) is 6.22. The molecule has 0 heterocycles.